The zero-order chi connectivity index (χ0) is 12.8. The number of aryl methyl sites for hydroxylation is 1. The van der Waals surface area contributed by atoms with E-state index in [4.69, 9.17) is 0 Å². The van der Waals surface area contributed by atoms with Crippen molar-refractivity contribution < 1.29 is 0 Å². The van der Waals surface area contributed by atoms with E-state index in [1.807, 2.05) is 26.2 Å². The topological polar surface area (TPSA) is 49.8 Å². The van der Waals surface area contributed by atoms with Gasteiger partial charge in [0.15, 0.2) is 0 Å². The van der Waals surface area contributed by atoms with Crippen LogP contribution in [0.25, 0.3) is 0 Å². The summed E-state index contributed by atoms with van der Waals surface area (Å²) < 4.78 is 0. The fourth-order valence-electron chi connectivity index (χ4n) is 1.71. The Morgan fingerprint density at radius 2 is 1.94 bits per heavy atom. The minimum absolute atomic E-state index is 0.641. The summed E-state index contributed by atoms with van der Waals surface area (Å²) >= 11 is 0. The predicted octanol–water partition coefficient (Wildman–Crippen LogP) is 2.48. The molecule has 1 aromatic heterocycles. The Kier molecular flexibility index (Phi) is 4.12. The number of benzene rings is 1. The number of hydrogen-bond donors (Lipinski definition) is 2. The van der Waals surface area contributed by atoms with Gasteiger partial charge < -0.3 is 10.6 Å². The highest BCUT2D eigenvalue weighted by atomic mass is 15.1. The van der Waals surface area contributed by atoms with Gasteiger partial charge in [-0.25, -0.2) is 4.98 Å². The maximum absolute atomic E-state index is 4.39. The van der Waals surface area contributed by atoms with E-state index >= 15 is 0 Å². The zero-order valence-electron chi connectivity index (χ0n) is 10.8. The van der Waals surface area contributed by atoms with Crippen molar-refractivity contribution in [1.29, 1.82) is 0 Å². The quantitative estimate of drug-likeness (QED) is 0.845. The predicted molar refractivity (Wildman–Crippen MR) is 75.0 cm³/mol. The van der Waals surface area contributed by atoms with Crippen LogP contribution < -0.4 is 10.6 Å². The molecule has 0 radical (unpaired) electrons. The fourth-order valence-corrected chi connectivity index (χ4v) is 1.71. The van der Waals surface area contributed by atoms with Gasteiger partial charge in [-0.2, -0.15) is 4.98 Å². The minimum Gasteiger partial charge on any atom is -0.369 e. The Hall–Kier alpha value is -2.10. The van der Waals surface area contributed by atoms with E-state index in [-0.39, 0.29) is 0 Å². The number of rotatable bonds is 5. The van der Waals surface area contributed by atoms with Crippen LogP contribution in [-0.2, 0) is 6.42 Å². The first kappa shape index (κ1) is 12.4. The van der Waals surface area contributed by atoms with Crippen molar-refractivity contribution in [2.24, 2.45) is 0 Å². The lowest BCUT2D eigenvalue weighted by atomic mass is 10.1. The molecule has 18 heavy (non-hydrogen) atoms. The van der Waals surface area contributed by atoms with Crippen LogP contribution in [0.5, 0.6) is 0 Å². The largest absolute Gasteiger partial charge is 0.369 e. The number of nitrogens with one attached hydrogen (secondary N) is 2. The number of hydrogen-bond acceptors (Lipinski definition) is 4. The molecule has 0 aliphatic carbocycles. The Balaban J connectivity index is 1.94. The average molecular weight is 242 g/mol. The molecular formula is C14H18N4. The summed E-state index contributed by atoms with van der Waals surface area (Å²) in [5.41, 5.74) is 2.38. The molecule has 0 saturated heterocycles. The Labute approximate surface area is 107 Å². The smallest absolute Gasteiger partial charge is 0.224 e. The monoisotopic (exact) mass is 242 g/mol. The molecule has 94 valence electrons. The third kappa shape index (κ3) is 3.20. The highest BCUT2D eigenvalue weighted by molar-refractivity contribution is 5.46. The van der Waals surface area contributed by atoms with Gasteiger partial charge in [0.05, 0.1) is 0 Å². The van der Waals surface area contributed by atoms with Crippen LogP contribution in [0.3, 0.4) is 0 Å². The van der Waals surface area contributed by atoms with Crippen LogP contribution >= 0.6 is 0 Å². The molecule has 2 rings (SSSR count). The summed E-state index contributed by atoms with van der Waals surface area (Å²) in [6.07, 6.45) is 2.81. The van der Waals surface area contributed by atoms with E-state index < -0.39 is 0 Å². The molecule has 4 nitrogen and oxygen atoms in total. The van der Waals surface area contributed by atoms with Gasteiger partial charge in [0.25, 0.3) is 0 Å². The fraction of sp³-hybridized carbons (Fsp3) is 0.286. The van der Waals surface area contributed by atoms with Crippen molar-refractivity contribution in [2.75, 3.05) is 24.2 Å². The van der Waals surface area contributed by atoms with Crippen LogP contribution in [0.4, 0.5) is 11.8 Å². The maximum atomic E-state index is 4.39. The normalized spacial score (nSPS) is 10.1. The average Bonchev–Trinajstić information content (AvgIpc) is 2.42. The molecule has 0 fully saturated rings. The van der Waals surface area contributed by atoms with Gasteiger partial charge in [-0.05, 0) is 18.9 Å². The molecule has 0 unspecified atom stereocenters. The lowest BCUT2D eigenvalue weighted by Gasteiger charge is -2.09. The first-order chi connectivity index (χ1) is 8.79. The molecule has 0 saturated carbocycles. The summed E-state index contributed by atoms with van der Waals surface area (Å²) in [5, 5.41) is 6.29. The zero-order valence-corrected chi connectivity index (χ0v) is 10.8. The second-order valence-corrected chi connectivity index (χ2v) is 4.14. The standard InChI is InChI=1S/C14H18N4/c1-11-10-17-14(15-2)18-13(11)16-9-8-12-6-4-3-5-7-12/h3-7,10H,8-9H2,1-2H3,(H2,15,16,17,18). The molecule has 1 aromatic carbocycles. The van der Waals surface area contributed by atoms with Crippen molar-refractivity contribution in [3.63, 3.8) is 0 Å². The van der Waals surface area contributed by atoms with Gasteiger partial charge >= 0.3 is 0 Å². The molecule has 0 spiro atoms. The first-order valence-electron chi connectivity index (χ1n) is 6.09. The van der Waals surface area contributed by atoms with Crippen molar-refractivity contribution in [3.8, 4) is 0 Å². The second-order valence-electron chi connectivity index (χ2n) is 4.14. The van der Waals surface area contributed by atoms with E-state index in [0.29, 0.717) is 5.95 Å². The van der Waals surface area contributed by atoms with E-state index in [1.165, 1.54) is 5.56 Å². The summed E-state index contributed by atoms with van der Waals surface area (Å²) in [7, 11) is 1.82. The number of nitrogens with zero attached hydrogens (tertiary/aromatic N) is 2. The van der Waals surface area contributed by atoms with Crippen LogP contribution in [0, 0.1) is 6.92 Å². The van der Waals surface area contributed by atoms with Gasteiger partial charge in [-0.15, -0.1) is 0 Å². The van der Waals surface area contributed by atoms with Crippen LogP contribution in [0.2, 0.25) is 0 Å². The van der Waals surface area contributed by atoms with E-state index in [1.54, 1.807) is 0 Å². The lowest BCUT2D eigenvalue weighted by Crippen LogP contribution is -2.09. The summed E-state index contributed by atoms with van der Waals surface area (Å²) in [6, 6.07) is 10.4. The van der Waals surface area contributed by atoms with Crippen molar-refractivity contribution in [2.45, 2.75) is 13.3 Å². The molecule has 0 bridgehead atoms. The second kappa shape index (κ2) is 6.00. The van der Waals surface area contributed by atoms with Gasteiger partial charge in [-0.1, -0.05) is 30.3 Å². The lowest BCUT2D eigenvalue weighted by molar-refractivity contribution is 0.992. The highest BCUT2D eigenvalue weighted by Crippen LogP contribution is 2.12. The third-order valence-electron chi connectivity index (χ3n) is 2.74. The van der Waals surface area contributed by atoms with Crippen LogP contribution in [0.1, 0.15) is 11.1 Å². The van der Waals surface area contributed by atoms with Gasteiger partial charge in [-0.3, -0.25) is 0 Å². The van der Waals surface area contributed by atoms with Crippen molar-refractivity contribution >= 4 is 11.8 Å². The summed E-state index contributed by atoms with van der Waals surface area (Å²) in [5.74, 6) is 1.54. The van der Waals surface area contributed by atoms with Gasteiger partial charge in [0.2, 0.25) is 5.95 Å². The minimum atomic E-state index is 0.641. The van der Waals surface area contributed by atoms with Crippen molar-refractivity contribution in [1.82, 2.24) is 9.97 Å². The Morgan fingerprint density at radius 1 is 1.17 bits per heavy atom. The summed E-state index contributed by atoms with van der Waals surface area (Å²) in [4.78, 5) is 8.55. The van der Waals surface area contributed by atoms with Gasteiger partial charge in [0, 0.05) is 25.4 Å². The number of aromatic nitrogens is 2. The Morgan fingerprint density at radius 3 is 2.67 bits per heavy atom. The van der Waals surface area contributed by atoms with E-state index in [0.717, 1.165) is 24.3 Å². The van der Waals surface area contributed by atoms with Gasteiger partial charge in [0.1, 0.15) is 5.82 Å². The molecule has 4 heteroatoms. The van der Waals surface area contributed by atoms with E-state index in [9.17, 15) is 0 Å². The summed E-state index contributed by atoms with van der Waals surface area (Å²) in [6.45, 7) is 2.87. The molecular weight excluding hydrogens is 224 g/mol. The van der Waals surface area contributed by atoms with Crippen LogP contribution in [0.15, 0.2) is 36.5 Å². The SMILES string of the molecule is CNc1ncc(C)c(NCCc2ccccc2)n1. The maximum Gasteiger partial charge on any atom is 0.224 e. The first-order valence-corrected chi connectivity index (χ1v) is 6.09. The molecule has 0 atom stereocenters. The highest BCUT2D eigenvalue weighted by Gasteiger charge is 2.02. The van der Waals surface area contributed by atoms with Crippen LogP contribution in [-0.4, -0.2) is 23.6 Å². The Bertz CT molecular complexity index is 496. The molecule has 1 heterocycles. The van der Waals surface area contributed by atoms with E-state index in [2.05, 4.69) is 44.9 Å². The third-order valence-corrected chi connectivity index (χ3v) is 2.74. The molecule has 0 amide bonds. The molecule has 2 aromatic rings. The molecule has 0 aliphatic rings. The molecule has 2 N–H and O–H groups in total. The van der Waals surface area contributed by atoms with Crippen molar-refractivity contribution in [3.05, 3.63) is 47.7 Å². The number of anilines is 2. The molecule has 0 aliphatic heterocycles.